The van der Waals surface area contributed by atoms with Crippen molar-refractivity contribution in [2.45, 2.75) is 0 Å². The zero-order valence-corrected chi connectivity index (χ0v) is 9.59. The summed E-state index contributed by atoms with van der Waals surface area (Å²) in [6, 6.07) is 11.5. The highest BCUT2D eigenvalue weighted by atomic mass is 16.5. The van der Waals surface area contributed by atoms with Crippen molar-refractivity contribution in [1.29, 1.82) is 0 Å². The number of nitrogens with zero attached hydrogens (tertiary/aromatic N) is 1. The topological polar surface area (TPSA) is 43.3 Å². The maximum absolute atomic E-state index is 11.4. The van der Waals surface area contributed by atoms with E-state index < -0.39 is 0 Å². The molecule has 88 valence electrons. The van der Waals surface area contributed by atoms with Crippen LogP contribution in [0.25, 0.3) is 5.69 Å². The summed E-state index contributed by atoms with van der Waals surface area (Å²) < 4.78 is 6.74. The molecule has 0 unspecified atom stereocenters. The molecule has 0 aliphatic heterocycles. The van der Waals surface area contributed by atoms with Crippen molar-refractivity contribution in [2.24, 2.45) is 0 Å². The van der Waals surface area contributed by atoms with Gasteiger partial charge in [0.05, 0.1) is 0 Å². The number of hydrogen-bond acceptors (Lipinski definition) is 2. The van der Waals surface area contributed by atoms with Crippen LogP contribution in [0.1, 0.15) is 0 Å². The van der Waals surface area contributed by atoms with Crippen LogP contribution >= 0.6 is 0 Å². The van der Waals surface area contributed by atoms with Crippen molar-refractivity contribution in [1.82, 2.24) is 4.57 Å². The number of rotatable bonds is 4. The van der Waals surface area contributed by atoms with Crippen LogP contribution in [-0.2, 0) is 9.53 Å². The molecule has 4 nitrogen and oxygen atoms in total. The van der Waals surface area contributed by atoms with Crippen LogP contribution in [0.4, 0.5) is 5.69 Å². The van der Waals surface area contributed by atoms with Gasteiger partial charge in [0.2, 0.25) is 5.91 Å². The summed E-state index contributed by atoms with van der Waals surface area (Å²) in [5, 5.41) is 2.77. The number of ether oxygens (including phenoxy) is 1. The van der Waals surface area contributed by atoms with Crippen molar-refractivity contribution in [2.75, 3.05) is 19.0 Å². The molecule has 0 spiro atoms. The van der Waals surface area contributed by atoms with Crippen LogP contribution in [0.2, 0.25) is 0 Å². The molecule has 0 saturated carbocycles. The number of nitrogens with one attached hydrogen (secondary N) is 1. The van der Waals surface area contributed by atoms with E-state index in [1.165, 1.54) is 7.11 Å². The maximum atomic E-state index is 11.4. The summed E-state index contributed by atoms with van der Waals surface area (Å²) in [5.74, 6) is -0.155. The first-order valence-corrected chi connectivity index (χ1v) is 5.32. The number of benzene rings is 1. The molecule has 2 aromatic rings. The minimum absolute atomic E-state index is 0.0632. The third-order valence-electron chi connectivity index (χ3n) is 2.31. The lowest BCUT2D eigenvalue weighted by Gasteiger charge is -2.07. The van der Waals surface area contributed by atoms with Crippen LogP contribution in [-0.4, -0.2) is 24.2 Å². The molecular weight excluding hydrogens is 216 g/mol. The Bertz CT molecular complexity index is 492. The summed E-state index contributed by atoms with van der Waals surface area (Å²) in [5.41, 5.74) is 1.77. The van der Waals surface area contributed by atoms with E-state index in [0.29, 0.717) is 0 Å². The smallest absolute Gasteiger partial charge is 0.250 e. The third kappa shape index (κ3) is 2.95. The summed E-state index contributed by atoms with van der Waals surface area (Å²) in [7, 11) is 1.50. The molecule has 0 atom stereocenters. The van der Waals surface area contributed by atoms with Gasteiger partial charge in [-0.05, 0) is 30.3 Å². The molecule has 0 saturated heterocycles. The average Bonchev–Trinajstić information content (AvgIpc) is 2.83. The Morgan fingerprint density at radius 1 is 1.29 bits per heavy atom. The fraction of sp³-hybridized carbons (Fsp3) is 0.154. The van der Waals surface area contributed by atoms with Gasteiger partial charge in [-0.25, -0.2) is 0 Å². The van der Waals surface area contributed by atoms with Crippen LogP contribution in [0.5, 0.6) is 0 Å². The minimum Gasteiger partial charge on any atom is -0.375 e. The molecule has 0 bridgehead atoms. The van der Waals surface area contributed by atoms with Gasteiger partial charge in [0.15, 0.2) is 0 Å². The SMILES string of the molecule is COCC(=O)Nc1cccc(-n2cccc2)c1. The fourth-order valence-electron chi connectivity index (χ4n) is 1.58. The zero-order chi connectivity index (χ0) is 12.1. The normalized spacial score (nSPS) is 10.2. The lowest BCUT2D eigenvalue weighted by molar-refractivity contribution is -0.119. The zero-order valence-electron chi connectivity index (χ0n) is 9.59. The second kappa shape index (κ2) is 5.32. The van der Waals surface area contributed by atoms with Crippen molar-refractivity contribution in [3.8, 4) is 5.69 Å². The van der Waals surface area contributed by atoms with Gasteiger partial charge in [0, 0.05) is 30.9 Å². The summed E-state index contributed by atoms with van der Waals surface area (Å²) in [6.07, 6.45) is 3.91. The first-order chi connectivity index (χ1) is 8.29. The van der Waals surface area contributed by atoms with Gasteiger partial charge >= 0.3 is 0 Å². The molecule has 0 fully saturated rings. The molecule has 17 heavy (non-hydrogen) atoms. The molecular formula is C13H14N2O2. The van der Waals surface area contributed by atoms with Crippen LogP contribution in [0.15, 0.2) is 48.8 Å². The number of amides is 1. The Hall–Kier alpha value is -2.07. The van der Waals surface area contributed by atoms with E-state index in [2.05, 4.69) is 5.32 Å². The van der Waals surface area contributed by atoms with E-state index in [-0.39, 0.29) is 12.5 Å². The Balaban J connectivity index is 2.15. The molecule has 2 rings (SSSR count). The Morgan fingerprint density at radius 3 is 2.76 bits per heavy atom. The number of carbonyl (C=O) groups is 1. The molecule has 1 N–H and O–H groups in total. The van der Waals surface area contributed by atoms with Crippen molar-refractivity contribution >= 4 is 11.6 Å². The highest BCUT2D eigenvalue weighted by Crippen LogP contribution is 2.14. The molecule has 1 heterocycles. The van der Waals surface area contributed by atoms with Gasteiger partial charge < -0.3 is 14.6 Å². The van der Waals surface area contributed by atoms with Crippen molar-refractivity contribution < 1.29 is 9.53 Å². The number of anilines is 1. The van der Waals surface area contributed by atoms with Crippen LogP contribution in [0, 0.1) is 0 Å². The second-order valence-electron chi connectivity index (χ2n) is 3.62. The number of aromatic nitrogens is 1. The number of methoxy groups -OCH3 is 1. The van der Waals surface area contributed by atoms with E-state index >= 15 is 0 Å². The molecule has 1 amide bonds. The van der Waals surface area contributed by atoms with Gasteiger partial charge in [-0.3, -0.25) is 4.79 Å². The summed E-state index contributed by atoms with van der Waals surface area (Å²) in [4.78, 5) is 11.4. The van der Waals surface area contributed by atoms with Gasteiger partial charge in [-0.1, -0.05) is 6.07 Å². The van der Waals surface area contributed by atoms with Gasteiger partial charge in [0.25, 0.3) is 0 Å². The van der Waals surface area contributed by atoms with E-state index in [4.69, 9.17) is 4.74 Å². The fourth-order valence-corrected chi connectivity index (χ4v) is 1.58. The molecule has 1 aromatic carbocycles. The second-order valence-corrected chi connectivity index (χ2v) is 3.62. The monoisotopic (exact) mass is 230 g/mol. The van der Waals surface area contributed by atoms with Crippen molar-refractivity contribution in [3.63, 3.8) is 0 Å². The van der Waals surface area contributed by atoms with E-state index in [9.17, 15) is 4.79 Å². The molecule has 0 aliphatic rings. The van der Waals surface area contributed by atoms with Gasteiger partial charge in [0.1, 0.15) is 6.61 Å². The van der Waals surface area contributed by atoms with Gasteiger partial charge in [-0.15, -0.1) is 0 Å². The Kier molecular flexibility index (Phi) is 3.57. The number of hydrogen-bond donors (Lipinski definition) is 1. The average molecular weight is 230 g/mol. The van der Waals surface area contributed by atoms with Gasteiger partial charge in [-0.2, -0.15) is 0 Å². The lowest BCUT2D eigenvalue weighted by Crippen LogP contribution is -2.17. The molecule has 0 radical (unpaired) electrons. The van der Waals surface area contributed by atoms with Crippen LogP contribution < -0.4 is 5.32 Å². The first-order valence-electron chi connectivity index (χ1n) is 5.32. The highest BCUT2D eigenvalue weighted by molar-refractivity contribution is 5.91. The molecule has 0 aliphatic carbocycles. The standard InChI is InChI=1S/C13H14N2O2/c1-17-10-13(16)14-11-5-4-6-12(9-11)15-7-2-3-8-15/h2-9H,10H2,1H3,(H,14,16). The highest BCUT2D eigenvalue weighted by Gasteiger charge is 2.02. The first kappa shape index (κ1) is 11.4. The maximum Gasteiger partial charge on any atom is 0.250 e. The largest absolute Gasteiger partial charge is 0.375 e. The van der Waals surface area contributed by atoms with Crippen LogP contribution in [0.3, 0.4) is 0 Å². The Morgan fingerprint density at radius 2 is 2.06 bits per heavy atom. The molecule has 4 heteroatoms. The van der Waals surface area contributed by atoms with E-state index in [0.717, 1.165) is 11.4 Å². The van der Waals surface area contributed by atoms with Crippen molar-refractivity contribution in [3.05, 3.63) is 48.8 Å². The lowest BCUT2D eigenvalue weighted by atomic mass is 10.2. The predicted molar refractivity (Wildman–Crippen MR) is 66.3 cm³/mol. The molecule has 1 aromatic heterocycles. The number of carbonyl (C=O) groups excluding carboxylic acids is 1. The summed E-state index contributed by atoms with van der Waals surface area (Å²) >= 11 is 0. The third-order valence-corrected chi connectivity index (χ3v) is 2.31. The quantitative estimate of drug-likeness (QED) is 0.873. The Labute approximate surface area is 99.8 Å². The van der Waals surface area contributed by atoms with E-state index in [1.807, 2.05) is 53.4 Å². The predicted octanol–water partition coefficient (Wildman–Crippen LogP) is 2.06. The van der Waals surface area contributed by atoms with E-state index in [1.54, 1.807) is 0 Å². The summed E-state index contributed by atoms with van der Waals surface area (Å²) in [6.45, 7) is 0.0632. The minimum atomic E-state index is -0.155.